The molecule has 2 amide bonds. The second kappa shape index (κ2) is 10.0. The minimum Gasteiger partial charge on any atom is -0.453 e. The molecule has 0 aliphatic heterocycles. The summed E-state index contributed by atoms with van der Waals surface area (Å²) in [5.41, 5.74) is 1.75. The molecule has 0 aliphatic rings. The van der Waals surface area contributed by atoms with Crippen LogP contribution in [0.25, 0.3) is 0 Å². The zero-order valence-corrected chi connectivity index (χ0v) is 18.4. The quantitative estimate of drug-likeness (QED) is 0.523. The number of hydrogen-bond acceptors (Lipinski definition) is 5. The molecule has 0 heterocycles. The largest absolute Gasteiger partial charge is 0.453 e. The number of Topliss-reactive ketones (excluding diaryl/α,β-unsaturated/α-hetero) is 1. The van der Waals surface area contributed by atoms with Gasteiger partial charge in [-0.2, -0.15) is 0 Å². The summed E-state index contributed by atoms with van der Waals surface area (Å²) in [7, 11) is 0. The number of rotatable bonds is 7. The standard InChI is InChI=1S/C24H28N2O5/c1-15-7-6-8-18(13-15)22(29)25-14-20(27)31-16(2)21(28)17-9-11-19(12-10-17)26-23(30)24(3,4)5/h6-13,16H,14H2,1-5H3,(H,25,29)(H,26,30)/t16-/m1/s1. The molecule has 2 N–H and O–H groups in total. The van der Waals surface area contributed by atoms with Crippen LogP contribution in [0.1, 0.15) is 54.0 Å². The van der Waals surface area contributed by atoms with E-state index in [0.29, 0.717) is 16.8 Å². The molecule has 0 fully saturated rings. The summed E-state index contributed by atoms with van der Waals surface area (Å²) < 4.78 is 5.14. The average molecular weight is 424 g/mol. The van der Waals surface area contributed by atoms with Gasteiger partial charge in [0.1, 0.15) is 6.54 Å². The van der Waals surface area contributed by atoms with Crippen LogP contribution < -0.4 is 10.6 Å². The molecule has 0 saturated carbocycles. The van der Waals surface area contributed by atoms with E-state index in [1.165, 1.54) is 6.92 Å². The number of ether oxygens (including phenoxy) is 1. The van der Waals surface area contributed by atoms with Gasteiger partial charge in [0.25, 0.3) is 5.91 Å². The van der Waals surface area contributed by atoms with Crippen LogP contribution in [0.4, 0.5) is 5.69 Å². The molecule has 0 spiro atoms. The molecule has 0 unspecified atom stereocenters. The van der Waals surface area contributed by atoms with E-state index < -0.39 is 23.4 Å². The highest BCUT2D eigenvalue weighted by Gasteiger charge is 2.22. The maximum atomic E-state index is 12.5. The SMILES string of the molecule is Cc1cccc(C(=O)NCC(=O)O[C@H](C)C(=O)c2ccc(NC(=O)C(C)(C)C)cc2)c1. The Morgan fingerprint density at radius 1 is 0.968 bits per heavy atom. The fourth-order valence-corrected chi connectivity index (χ4v) is 2.60. The van der Waals surface area contributed by atoms with Crippen molar-refractivity contribution in [1.82, 2.24) is 5.32 Å². The first-order valence-corrected chi connectivity index (χ1v) is 9.97. The van der Waals surface area contributed by atoms with Gasteiger partial charge in [0, 0.05) is 22.2 Å². The van der Waals surface area contributed by atoms with Crippen molar-refractivity contribution in [2.45, 2.75) is 40.7 Å². The lowest BCUT2D eigenvalue weighted by Crippen LogP contribution is -2.34. The number of amides is 2. The summed E-state index contributed by atoms with van der Waals surface area (Å²) in [5.74, 6) is -1.63. The fraction of sp³-hybridized carbons (Fsp3) is 0.333. The van der Waals surface area contributed by atoms with E-state index >= 15 is 0 Å². The Balaban J connectivity index is 1.87. The number of carbonyl (C=O) groups excluding carboxylic acids is 4. The van der Waals surface area contributed by atoms with Gasteiger partial charge >= 0.3 is 5.97 Å². The summed E-state index contributed by atoms with van der Waals surface area (Å²) in [4.78, 5) is 48.7. The van der Waals surface area contributed by atoms with Crippen molar-refractivity contribution in [3.05, 3.63) is 65.2 Å². The van der Waals surface area contributed by atoms with E-state index in [2.05, 4.69) is 10.6 Å². The van der Waals surface area contributed by atoms with Gasteiger partial charge in [-0.1, -0.05) is 38.5 Å². The van der Waals surface area contributed by atoms with Crippen LogP contribution in [-0.4, -0.2) is 36.2 Å². The predicted octanol–water partition coefficient (Wildman–Crippen LogP) is 3.52. The molecule has 0 radical (unpaired) electrons. The molecule has 0 saturated heterocycles. The number of carbonyl (C=O) groups is 4. The highest BCUT2D eigenvalue weighted by Crippen LogP contribution is 2.18. The smallest absolute Gasteiger partial charge is 0.326 e. The van der Waals surface area contributed by atoms with Gasteiger partial charge in [-0.25, -0.2) is 0 Å². The van der Waals surface area contributed by atoms with Gasteiger partial charge in [-0.3, -0.25) is 19.2 Å². The molecule has 7 heteroatoms. The highest BCUT2D eigenvalue weighted by atomic mass is 16.5. The van der Waals surface area contributed by atoms with Gasteiger partial charge in [-0.15, -0.1) is 0 Å². The zero-order valence-electron chi connectivity index (χ0n) is 18.4. The Morgan fingerprint density at radius 2 is 1.61 bits per heavy atom. The van der Waals surface area contributed by atoms with Crippen LogP contribution in [-0.2, 0) is 14.3 Å². The van der Waals surface area contributed by atoms with Crippen LogP contribution in [0.5, 0.6) is 0 Å². The van der Waals surface area contributed by atoms with Crippen molar-refractivity contribution in [2.24, 2.45) is 5.41 Å². The van der Waals surface area contributed by atoms with Crippen LogP contribution in [0.15, 0.2) is 48.5 Å². The van der Waals surface area contributed by atoms with Crippen molar-refractivity contribution >= 4 is 29.3 Å². The van der Waals surface area contributed by atoms with Crippen molar-refractivity contribution in [1.29, 1.82) is 0 Å². The summed E-state index contributed by atoms with van der Waals surface area (Å²) in [5, 5.41) is 5.26. The number of ketones is 1. The Morgan fingerprint density at radius 3 is 2.19 bits per heavy atom. The molecule has 7 nitrogen and oxygen atoms in total. The summed E-state index contributed by atoms with van der Waals surface area (Å²) in [6, 6.07) is 13.3. The number of hydrogen-bond donors (Lipinski definition) is 2. The third-order valence-corrected chi connectivity index (χ3v) is 4.46. The number of benzene rings is 2. The number of anilines is 1. The maximum absolute atomic E-state index is 12.5. The highest BCUT2D eigenvalue weighted by molar-refractivity contribution is 6.01. The topological polar surface area (TPSA) is 102 Å². The molecule has 1 atom stereocenters. The summed E-state index contributed by atoms with van der Waals surface area (Å²) in [6.45, 7) is 8.40. The summed E-state index contributed by atoms with van der Waals surface area (Å²) >= 11 is 0. The molecule has 31 heavy (non-hydrogen) atoms. The second-order valence-corrected chi connectivity index (χ2v) is 8.33. The fourth-order valence-electron chi connectivity index (χ4n) is 2.60. The van der Waals surface area contributed by atoms with Crippen molar-refractivity contribution in [2.75, 3.05) is 11.9 Å². The molecular weight excluding hydrogens is 396 g/mol. The van der Waals surface area contributed by atoms with E-state index in [9.17, 15) is 19.2 Å². The van der Waals surface area contributed by atoms with Crippen molar-refractivity contribution in [3.8, 4) is 0 Å². The van der Waals surface area contributed by atoms with Crippen LogP contribution in [0.3, 0.4) is 0 Å². The molecule has 164 valence electrons. The van der Waals surface area contributed by atoms with Crippen LogP contribution in [0.2, 0.25) is 0 Å². The summed E-state index contributed by atoms with van der Waals surface area (Å²) in [6.07, 6.45) is -1.02. The second-order valence-electron chi connectivity index (χ2n) is 8.33. The average Bonchev–Trinajstić information content (AvgIpc) is 2.71. The minimum absolute atomic E-state index is 0.137. The van der Waals surface area contributed by atoms with E-state index in [-0.39, 0.29) is 18.2 Å². The van der Waals surface area contributed by atoms with E-state index in [0.717, 1.165) is 5.56 Å². The monoisotopic (exact) mass is 424 g/mol. The Hall–Kier alpha value is -3.48. The van der Waals surface area contributed by atoms with Crippen LogP contribution in [0, 0.1) is 12.3 Å². The molecule has 0 aliphatic carbocycles. The molecule has 0 bridgehead atoms. The first kappa shape index (κ1) is 23.8. The van der Waals surface area contributed by atoms with Gasteiger partial charge in [0.15, 0.2) is 6.10 Å². The Labute approximate surface area is 182 Å². The van der Waals surface area contributed by atoms with Gasteiger partial charge < -0.3 is 15.4 Å². The third kappa shape index (κ3) is 7.06. The molecule has 0 aromatic heterocycles. The normalized spacial score (nSPS) is 11.9. The molecular formula is C24H28N2O5. The van der Waals surface area contributed by atoms with Gasteiger partial charge in [0.05, 0.1) is 0 Å². The number of esters is 1. The molecule has 2 aromatic rings. The van der Waals surface area contributed by atoms with E-state index in [1.807, 2.05) is 13.0 Å². The lowest BCUT2D eigenvalue weighted by atomic mass is 9.95. The van der Waals surface area contributed by atoms with E-state index in [1.54, 1.807) is 63.2 Å². The zero-order chi connectivity index (χ0) is 23.2. The molecule has 2 rings (SSSR count). The van der Waals surface area contributed by atoms with E-state index in [4.69, 9.17) is 4.74 Å². The first-order valence-electron chi connectivity index (χ1n) is 9.97. The number of nitrogens with one attached hydrogen (secondary N) is 2. The van der Waals surface area contributed by atoms with Gasteiger partial charge in [-0.05, 0) is 50.2 Å². The first-order chi connectivity index (χ1) is 14.5. The lowest BCUT2D eigenvalue weighted by Gasteiger charge is -2.18. The maximum Gasteiger partial charge on any atom is 0.326 e. The number of aryl methyl sites for hydroxylation is 1. The molecule has 2 aromatic carbocycles. The van der Waals surface area contributed by atoms with Gasteiger partial charge in [0.2, 0.25) is 11.7 Å². The Bertz CT molecular complexity index is 974. The Kier molecular flexibility index (Phi) is 7.69. The minimum atomic E-state index is -1.02. The third-order valence-electron chi connectivity index (χ3n) is 4.46. The van der Waals surface area contributed by atoms with Crippen molar-refractivity contribution < 1.29 is 23.9 Å². The predicted molar refractivity (Wildman–Crippen MR) is 118 cm³/mol. The lowest BCUT2D eigenvalue weighted by molar-refractivity contribution is -0.145. The van der Waals surface area contributed by atoms with Crippen molar-refractivity contribution in [3.63, 3.8) is 0 Å². The van der Waals surface area contributed by atoms with Crippen LogP contribution >= 0.6 is 0 Å².